The maximum absolute atomic E-state index is 12.8. The molecular formula is C25H28N4O5. The third-order valence-electron chi connectivity index (χ3n) is 6.66. The Balaban J connectivity index is 1.02. The molecule has 2 N–H and O–H groups in total. The Hall–Kier alpha value is -3.75. The number of amides is 2. The monoisotopic (exact) mass is 464 g/mol. The van der Waals surface area contributed by atoms with Gasteiger partial charge in [0.1, 0.15) is 5.69 Å². The van der Waals surface area contributed by atoms with E-state index < -0.39 is 0 Å². The summed E-state index contributed by atoms with van der Waals surface area (Å²) in [6.07, 6.45) is 8.13. The second kappa shape index (κ2) is 9.62. The van der Waals surface area contributed by atoms with E-state index in [0.717, 1.165) is 55.3 Å². The predicted molar refractivity (Wildman–Crippen MR) is 124 cm³/mol. The molecule has 4 heterocycles. The average molecular weight is 465 g/mol. The van der Waals surface area contributed by atoms with Crippen LogP contribution in [0.4, 0.5) is 0 Å². The molecule has 9 heteroatoms. The van der Waals surface area contributed by atoms with Crippen molar-refractivity contribution in [3.63, 3.8) is 0 Å². The highest BCUT2D eigenvalue weighted by Crippen LogP contribution is 2.33. The van der Waals surface area contributed by atoms with Gasteiger partial charge in [-0.1, -0.05) is 12.8 Å². The number of nitrogens with zero attached hydrogens (tertiary/aromatic N) is 3. The van der Waals surface area contributed by atoms with Crippen LogP contribution in [-0.2, 0) is 0 Å². The first kappa shape index (κ1) is 22.1. The summed E-state index contributed by atoms with van der Waals surface area (Å²) in [7, 11) is 0. The number of hydrogen-bond acceptors (Lipinski definition) is 6. The highest BCUT2D eigenvalue weighted by molar-refractivity contribution is 5.98. The fraction of sp³-hybridized carbons (Fsp3) is 0.400. The lowest BCUT2D eigenvalue weighted by Gasteiger charge is -2.32. The number of fused-ring (bicyclic) bond motifs is 2. The number of pyridine rings is 1. The number of hydrogen-bond donors (Lipinski definition) is 2. The minimum atomic E-state index is -0.297. The molecule has 0 aliphatic carbocycles. The molecule has 3 aromatic rings. The van der Waals surface area contributed by atoms with Crippen LogP contribution < -0.4 is 14.8 Å². The number of nitrogens with one attached hydrogen (secondary N) is 1. The van der Waals surface area contributed by atoms with Gasteiger partial charge in [0, 0.05) is 43.0 Å². The molecule has 1 saturated heterocycles. The van der Waals surface area contributed by atoms with Crippen LogP contribution in [0.2, 0.25) is 0 Å². The Morgan fingerprint density at radius 1 is 1.09 bits per heavy atom. The number of benzene rings is 1. The average Bonchev–Trinajstić information content (AvgIpc) is 3.48. The minimum absolute atomic E-state index is 0.0385. The van der Waals surface area contributed by atoms with Crippen LogP contribution in [0.3, 0.4) is 0 Å². The first-order valence-corrected chi connectivity index (χ1v) is 11.7. The first-order chi connectivity index (χ1) is 16.6. The van der Waals surface area contributed by atoms with Crippen molar-refractivity contribution in [3.8, 4) is 11.5 Å². The third-order valence-corrected chi connectivity index (χ3v) is 6.66. The van der Waals surface area contributed by atoms with Crippen LogP contribution in [-0.4, -0.2) is 58.1 Å². The second-order valence-corrected chi connectivity index (χ2v) is 8.83. The van der Waals surface area contributed by atoms with E-state index in [1.165, 1.54) is 0 Å². The molecule has 0 spiro atoms. The van der Waals surface area contributed by atoms with Crippen LogP contribution in [0.5, 0.6) is 11.5 Å². The van der Waals surface area contributed by atoms with Gasteiger partial charge in [0.05, 0.1) is 5.52 Å². The Kier molecular flexibility index (Phi) is 6.24. The summed E-state index contributed by atoms with van der Waals surface area (Å²) in [5.74, 6) is 1.64. The largest absolute Gasteiger partial charge is 0.454 e. The molecule has 2 amide bonds. The molecule has 2 aliphatic heterocycles. The van der Waals surface area contributed by atoms with Crippen LogP contribution in [0.1, 0.15) is 53.0 Å². The molecule has 1 aromatic carbocycles. The van der Waals surface area contributed by atoms with Crippen molar-refractivity contribution in [3.05, 3.63) is 54.0 Å². The van der Waals surface area contributed by atoms with Crippen molar-refractivity contribution in [1.82, 2.24) is 19.9 Å². The second-order valence-electron chi connectivity index (χ2n) is 8.83. The zero-order chi connectivity index (χ0) is 23.5. The van der Waals surface area contributed by atoms with E-state index in [1.54, 1.807) is 42.7 Å². The molecule has 178 valence electrons. The van der Waals surface area contributed by atoms with Crippen molar-refractivity contribution in [2.75, 3.05) is 26.4 Å². The van der Waals surface area contributed by atoms with Crippen molar-refractivity contribution in [1.29, 1.82) is 0 Å². The number of aromatic nitrogens is 2. The van der Waals surface area contributed by atoms with Gasteiger partial charge in [-0.3, -0.25) is 14.6 Å². The maximum Gasteiger partial charge on any atom is 0.271 e. The molecule has 0 atom stereocenters. The van der Waals surface area contributed by atoms with Gasteiger partial charge in [-0.25, -0.2) is 0 Å². The minimum Gasteiger partial charge on any atom is -0.454 e. The number of piperidine rings is 1. The molecule has 0 bridgehead atoms. The van der Waals surface area contributed by atoms with Crippen LogP contribution in [0.15, 0.2) is 42.7 Å². The van der Waals surface area contributed by atoms with E-state index >= 15 is 0 Å². The Bertz CT molecular complexity index is 1200. The van der Waals surface area contributed by atoms with Crippen molar-refractivity contribution in [2.45, 2.75) is 32.1 Å². The van der Waals surface area contributed by atoms with E-state index in [1.807, 2.05) is 4.90 Å². The third kappa shape index (κ3) is 4.50. The van der Waals surface area contributed by atoms with Gasteiger partial charge in [-0.15, -0.1) is 0 Å². The number of carbonyl (C=O) groups excluding carboxylic acids is 2. The number of ether oxygens (including phenoxy) is 2. The summed E-state index contributed by atoms with van der Waals surface area (Å²) in [5, 5.41) is 13.8. The fourth-order valence-corrected chi connectivity index (χ4v) is 4.69. The van der Waals surface area contributed by atoms with E-state index in [-0.39, 0.29) is 24.3 Å². The molecule has 1 fully saturated rings. The predicted octanol–water partition coefficient (Wildman–Crippen LogP) is 3.45. The maximum atomic E-state index is 12.8. The Labute approximate surface area is 197 Å². The fourth-order valence-electron chi connectivity index (χ4n) is 4.69. The quantitative estimate of drug-likeness (QED) is 0.410. The van der Waals surface area contributed by atoms with E-state index in [0.29, 0.717) is 35.0 Å². The lowest BCUT2D eigenvalue weighted by molar-refractivity contribution is 0.0685. The normalized spacial score (nSPS) is 15.6. The number of likely N-dealkylation sites (tertiary alicyclic amines) is 1. The molecule has 0 saturated carbocycles. The van der Waals surface area contributed by atoms with Crippen molar-refractivity contribution < 1.29 is 24.3 Å². The van der Waals surface area contributed by atoms with E-state index in [4.69, 9.17) is 9.47 Å². The van der Waals surface area contributed by atoms with Gasteiger partial charge in [0.25, 0.3) is 11.8 Å². The molecule has 34 heavy (non-hydrogen) atoms. The van der Waals surface area contributed by atoms with Gasteiger partial charge in [0.15, 0.2) is 11.5 Å². The van der Waals surface area contributed by atoms with Crippen molar-refractivity contribution in [2.24, 2.45) is 5.92 Å². The SMILES string of the molecule is O=C(NCCCCC1CCN(C(=O)c2ccc3c(c2)OCO3)CC1)c1cc2cnccc2n1O. The van der Waals surface area contributed by atoms with Crippen molar-refractivity contribution >= 4 is 22.7 Å². The smallest absolute Gasteiger partial charge is 0.271 e. The Morgan fingerprint density at radius 3 is 2.74 bits per heavy atom. The number of carbonyl (C=O) groups is 2. The van der Waals surface area contributed by atoms with Crippen LogP contribution in [0.25, 0.3) is 10.9 Å². The highest BCUT2D eigenvalue weighted by atomic mass is 16.7. The number of rotatable bonds is 7. The molecule has 2 aromatic heterocycles. The summed E-state index contributed by atoms with van der Waals surface area (Å²) in [4.78, 5) is 31.2. The zero-order valence-electron chi connectivity index (χ0n) is 18.9. The zero-order valence-corrected chi connectivity index (χ0v) is 18.9. The van der Waals surface area contributed by atoms with E-state index in [2.05, 4.69) is 10.3 Å². The molecule has 0 unspecified atom stereocenters. The van der Waals surface area contributed by atoms with Crippen LogP contribution >= 0.6 is 0 Å². The molecule has 9 nitrogen and oxygen atoms in total. The van der Waals surface area contributed by atoms with Gasteiger partial charge in [-0.2, -0.15) is 4.73 Å². The summed E-state index contributed by atoms with van der Waals surface area (Å²) < 4.78 is 11.6. The molecule has 2 aliphatic rings. The number of unbranched alkanes of at least 4 members (excludes halogenated alkanes) is 1. The lowest BCUT2D eigenvalue weighted by Crippen LogP contribution is -2.38. The highest BCUT2D eigenvalue weighted by Gasteiger charge is 2.25. The Morgan fingerprint density at radius 2 is 1.91 bits per heavy atom. The van der Waals surface area contributed by atoms with Gasteiger partial charge in [-0.05, 0) is 55.5 Å². The van der Waals surface area contributed by atoms with Gasteiger partial charge < -0.3 is 24.9 Å². The molecular weight excluding hydrogens is 436 g/mol. The van der Waals surface area contributed by atoms with Crippen LogP contribution in [0, 0.1) is 5.92 Å². The molecule has 5 rings (SSSR count). The van der Waals surface area contributed by atoms with E-state index in [9.17, 15) is 14.8 Å². The first-order valence-electron chi connectivity index (χ1n) is 11.7. The van der Waals surface area contributed by atoms with Gasteiger partial charge in [0.2, 0.25) is 6.79 Å². The summed E-state index contributed by atoms with van der Waals surface area (Å²) in [6.45, 7) is 2.26. The summed E-state index contributed by atoms with van der Waals surface area (Å²) in [6, 6.07) is 8.65. The van der Waals surface area contributed by atoms with Gasteiger partial charge >= 0.3 is 0 Å². The topological polar surface area (TPSA) is 106 Å². The lowest BCUT2D eigenvalue weighted by atomic mass is 9.91. The standard InChI is InChI=1S/C25H28N4O5/c30-24(21-13-19-15-26-10-6-20(19)29(21)32)27-9-2-1-3-17-7-11-28(12-8-17)25(31)18-4-5-22-23(14-18)34-16-33-22/h4-6,10,13-15,17,32H,1-3,7-9,11-12,16H2,(H,27,30). The summed E-state index contributed by atoms with van der Waals surface area (Å²) in [5.41, 5.74) is 1.41. The molecule has 0 radical (unpaired) electrons. The summed E-state index contributed by atoms with van der Waals surface area (Å²) >= 11 is 0.